The summed E-state index contributed by atoms with van der Waals surface area (Å²) < 4.78 is 43.1. The van der Waals surface area contributed by atoms with Crippen molar-refractivity contribution in [3.63, 3.8) is 0 Å². The predicted molar refractivity (Wildman–Crippen MR) is 97.2 cm³/mol. The van der Waals surface area contributed by atoms with Gasteiger partial charge in [0.2, 0.25) is 5.91 Å². The Hall–Kier alpha value is -1.86. The molecule has 3 nitrogen and oxygen atoms in total. The van der Waals surface area contributed by atoms with Gasteiger partial charge in [0.05, 0.1) is 16.3 Å². The Labute approximate surface area is 158 Å². The van der Waals surface area contributed by atoms with Crippen molar-refractivity contribution >= 4 is 35.0 Å². The van der Waals surface area contributed by atoms with Crippen molar-refractivity contribution in [1.82, 2.24) is 0 Å². The maximum atomic E-state index is 12.7. The molecule has 0 aliphatic carbocycles. The van der Waals surface area contributed by atoms with Gasteiger partial charge in [-0.3, -0.25) is 4.79 Å². The van der Waals surface area contributed by atoms with Crippen LogP contribution < -0.4 is 9.64 Å². The van der Waals surface area contributed by atoms with Gasteiger partial charge >= 0.3 is 6.18 Å². The Morgan fingerprint density at radius 2 is 1.88 bits per heavy atom. The molecule has 1 aliphatic rings. The van der Waals surface area contributed by atoms with Crippen LogP contribution in [-0.2, 0) is 15.7 Å². The highest BCUT2D eigenvalue weighted by atomic mass is 35.5. The molecule has 1 atom stereocenters. The van der Waals surface area contributed by atoms with Crippen molar-refractivity contribution in [2.24, 2.45) is 0 Å². The Morgan fingerprint density at radius 1 is 1.19 bits per heavy atom. The van der Waals surface area contributed by atoms with Gasteiger partial charge in [-0.1, -0.05) is 17.7 Å². The van der Waals surface area contributed by atoms with Crippen LogP contribution in [-0.4, -0.2) is 19.2 Å². The van der Waals surface area contributed by atoms with Crippen molar-refractivity contribution in [2.45, 2.75) is 17.8 Å². The first-order valence-corrected chi connectivity index (χ1v) is 9.20. The number of hydrogen-bond acceptors (Lipinski definition) is 3. The third-order valence-corrected chi connectivity index (χ3v) is 5.96. The molecule has 0 spiro atoms. The van der Waals surface area contributed by atoms with Crippen LogP contribution in [0.5, 0.6) is 11.5 Å². The summed E-state index contributed by atoms with van der Waals surface area (Å²) in [6, 6.07) is 8.07. The van der Waals surface area contributed by atoms with Crippen LogP contribution in [0, 0.1) is 0 Å². The monoisotopic (exact) mass is 401 g/mol. The summed E-state index contributed by atoms with van der Waals surface area (Å²) in [5.41, 5.74) is 0.723. The van der Waals surface area contributed by atoms with Crippen LogP contribution in [0.2, 0.25) is 5.02 Å². The third kappa shape index (κ3) is 3.03. The van der Waals surface area contributed by atoms with E-state index in [1.165, 1.54) is 17.8 Å². The average molecular weight is 402 g/mol. The van der Waals surface area contributed by atoms with Gasteiger partial charge in [0.25, 0.3) is 0 Å². The zero-order valence-electron chi connectivity index (χ0n) is 14.1. The number of anilines is 1. The lowest BCUT2D eigenvalue weighted by Crippen LogP contribution is -2.33. The minimum atomic E-state index is -4.47. The lowest BCUT2D eigenvalue weighted by atomic mass is 10.0. The topological polar surface area (TPSA) is 29.5 Å². The van der Waals surface area contributed by atoms with Gasteiger partial charge in [0, 0.05) is 18.7 Å². The number of rotatable bonds is 3. The molecule has 138 valence electrons. The quantitative estimate of drug-likeness (QED) is 0.660. The van der Waals surface area contributed by atoms with Crippen LogP contribution in [0.1, 0.15) is 18.1 Å². The Bertz CT molecular complexity index is 887. The summed E-state index contributed by atoms with van der Waals surface area (Å²) in [4.78, 5) is 14.1. The standard InChI is InChI=1S/C18H15ClF3NO2S/c1-17(26-3)12-6-5-11(9-14(12)23(2)16(17)24)25-15-7-4-10(8-13(15)19)18(20,21)22/h4-9H,1-3H3. The minimum Gasteiger partial charge on any atom is -0.456 e. The van der Waals surface area contributed by atoms with Crippen molar-refractivity contribution in [3.8, 4) is 11.5 Å². The highest BCUT2D eigenvalue weighted by Gasteiger charge is 2.45. The number of carbonyl (C=O) groups excluding carboxylic acids is 1. The summed E-state index contributed by atoms with van der Waals surface area (Å²) in [6.07, 6.45) is -2.60. The van der Waals surface area contributed by atoms with Gasteiger partial charge in [0.15, 0.2) is 0 Å². The highest BCUT2D eigenvalue weighted by Crippen LogP contribution is 2.48. The van der Waals surface area contributed by atoms with Crippen molar-refractivity contribution in [3.05, 3.63) is 52.5 Å². The summed E-state index contributed by atoms with van der Waals surface area (Å²) in [5, 5.41) is -0.140. The fraction of sp³-hybridized carbons (Fsp3) is 0.278. The van der Waals surface area contributed by atoms with E-state index in [0.29, 0.717) is 11.4 Å². The van der Waals surface area contributed by atoms with E-state index >= 15 is 0 Å². The van der Waals surface area contributed by atoms with Crippen LogP contribution in [0.25, 0.3) is 0 Å². The molecule has 1 amide bonds. The number of likely N-dealkylation sites (N-methyl/N-ethyl adjacent to an activating group) is 1. The van der Waals surface area contributed by atoms with Crippen LogP contribution in [0.3, 0.4) is 0 Å². The first-order valence-electron chi connectivity index (χ1n) is 7.60. The molecule has 0 bridgehead atoms. The summed E-state index contributed by atoms with van der Waals surface area (Å²) in [7, 11) is 1.68. The number of nitrogens with zero attached hydrogens (tertiary/aromatic N) is 1. The summed E-state index contributed by atoms with van der Waals surface area (Å²) >= 11 is 7.38. The van der Waals surface area contributed by atoms with Crippen molar-refractivity contribution in [1.29, 1.82) is 0 Å². The van der Waals surface area contributed by atoms with E-state index in [1.807, 2.05) is 13.2 Å². The van der Waals surface area contributed by atoms with Gasteiger partial charge in [-0.2, -0.15) is 13.2 Å². The van der Waals surface area contributed by atoms with E-state index < -0.39 is 16.5 Å². The molecule has 1 heterocycles. The number of amides is 1. The number of hydrogen-bond donors (Lipinski definition) is 0. The number of benzene rings is 2. The molecule has 3 rings (SSSR count). The molecule has 2 aromatic rings. The maximum absolute atomic E-state index is 12.7. The van der Waals surface area contributed by atoms with Gasteiger partial charge in [0.1, 0.15) is 16.2 Å². The Kier molecular flexibility index (Phi) is 4.65. The average Bonchev–Trinajstić information content (AvgIpc) is 2.78. The molecule has 1 unspecified atom stereocenters. The van der Waals surface area contributed by atoms with Crippen LogP contribution >= 0.6 is 23.4 Å². The number of ether oxygens (including phenoxy) is 1. The fourth-order valence-electron chi connectivity index (χ4n) is 2.88. The van der Waals surface area contributed by atoms with Gasteiger partial charge in [-0.25, -0.2) is 0 Å². The molecule has 0 fully saturated rings. The molecule has 0 saturated carbocycles. The first-order chi connectivity index (χ1) is 12.1. The first kappa shape index (κ1) is 18.9. The molecule has 0 aromatic heterocycles. The molecule has 2 aromatic carbocycles. The Balaban J connectivity index is 1.93. The Morgan fingerprint density at radius 3 is 2.46 bits per heavy atom. The van der Waals surface area contributed by atoms with E-state index in [4.69, 9.17) is 16.3 Å². The summed E-state index contributed by atoms with van der Waals surface area (Å²) in [5.74, 6) is 0.458. The lowest BCUT2D eigenvalue weighted by molar-refractivity contribution is -0.137. The zero-order chi connectivity index (χ0) is 19.3. The maximum Gasteiger partial charge on any atom is 0.416 e. The number of fused-ring (bicyclic) bond motifs is 1. The largest absolute Gasteiger partial charge is 0.456 e. The van der Waals surface area contributed by atoms with Gasteiger partial charge in [-0.15, -0.1) is 11.8 Å². The second kappa shape index (κ2) is 6.39. The lowest BCUT2D eigenvalue weighted by Gasteiger charge is -2.20. The molecule has 0 radical (unpaired) electrons. The van der Waals surface area contributed by atoms with E-state index in [-0.39, 0.29) is 16.7 Å². The van der Waals surface area contributed by atoms with E-state index in [2.05, 4.69) is 0 Å². The molecule has 1 aliphatic heterocycles. The highest BCUT2D eigenvalue weighted by molar-refractivity contribution is 8.00. The van der Waals surface area contributed by atoms with Crippen molar-refractivity contribution < 1.29 is 22.7 Å². The molecule has 0 N–H and O–H groups in total. The molecule has 8 heteroatoms. The third-order valence-electron chi connectivity index (χ3n) is 4.45. The number of halogens is 4. The second-order valence-electron chi connectivity index (χ2n) is 6.03. The van der Waals surface area contributed by atoms with Crippen LogP contribution in [0.15, 0.2) is 36.4 Å². The molecule has 0 saturated heterocycles. The molecular weight excluding hydrogens is 387 g/mol. The number of carbonyl (C=O) groups is 1. The van der Waals surface area contributed by atoms with E-state index in [0.717, 1.165) is 17.7 Å². The number of alkyl halides is 3. The predicted octanol–water partition coefficient (Wildman–Crippen LogP) is 5.71. The van der Waals surface area contributed by atoms with Gasteiger partial charge < -0.3 is 9.64 Å². The minimum absolute atomic E-state index is 0.0373. The second-order valence-corrected chi connectivity index (χ2v) is 7.66. The summed E-state index contributed by atoms with van der Waals surface area (Å²) in [6.45, 7) is 1.86. The molecule has 26 heavy (non-hydrogen) atoms. The smallest absolute Gasteiger partial charge is 0.416 e. The SMILES string of the molecule is CSC1(C)C(=O)N(C)c2cc(Oc3ccc(C(F)(F)F)cc3Cl)ccc21. The van der Waals surface area contributed by atoms with Gasteiger partial charge in [-0.05, 0) is 37.4 Å². The fourth-order valence-corrected chi connectivity index (χ4v) is 3.81. The number of thioether (sulfide) groups is 1. The van der Waals surface area contributed by atoms with Crippen molar-refractivity contribution in [2.75, 3.05) is 18.2 Å². The van der Waals surface area contributed by atoms with Crippen LogP contribution in [0.4, 0.5) is 18.9 Å². The zero-order valence-corrected chi connectivity index (χ0v) is 15.7. The normalized spacial score (nSPS) is 19.7. The van der Waals surface area contributed by atoms with E-state index in [9.17, 15) is 18.0 Å². The van der Waals surface area contributed by atoms with E-state index in [1.54, 1.807) is 30.1 Å². The molecular formula is C18H15ClF3NO2S.